The fraction of sp³-hybridized carbons (Fsp3) is 0.308. The zero-order chi connectivity index (χ0) is 13.1. The number of hydrogen-bond donors (Lipinski definition) is 1. The molecular weight excluding hydrogens is 266 g/mol. The van der Waals surface area contributed by atoms with Gasteiger partial charge >= 0.3 is 0 Å². The molecular formula is C13H16ClN3S. The molecule has 2 atom stereocenters. The van der Waals surface area contributed by atoms with Gasteiger partial charge in [-0.05, 0) is 24.6 Å². The Bertz CT molecular complexity index is 524. The SMILES string of the molecule is CC(N)C(Sc1cnn(C)c1)c1cccc(Cl)c1. The predicted octanol–water partition coefficient (Wildman–Crippen LogP) is 3.25. The maximum absolute atomic E-state index is 6.08. The summed E-state index contributed by atoms with van der Waals surface area (Å²) in [6, 6.07) is 7.89. The molecule has 0 saturated carbocycles. The number of nitrogens with zero attached hydrogens (tertiary/aromatic N) is 2. The van der Waals surface area contributed by atoms with Crippen LogP contribution in [0.1, 0.15) is 17.7 Å². The monoisotopic (exact) mass is 281 g/mol. The van der Waals surface area contributed by atoms with E-state index >= 15 is 0 Å². The summed E-state index contributed by atoms with van der Waals surface area (Å²) in [5, 5.41) is 5.08. The normalized spacial score (nSPS) is 14.4. The molecule has 0 amide bonds. The molecule has 0 aliphatic heterocycles. The first-order valence-electron chi connectivity index (χ1n) is 5.72. The molecule has 2 aromatic rings. The Balaban J connectivity index is 2.23. The summed E-state index contributed by atoms with van der Waals surface area (Å²) in [7, 11) is 1.91. The standard InChI is InChI=1S/C13H16ClN3S/c1-9(15)13(10-4-3-5-11(14)6-10)18-12-7-16-17(2)8-12/h3-9,13H,15H2,1-2H3. The highest BCUT2D eigenvalue weighted by Crippen LogP contribution is 2.37. The van der Waals surface area contributed by atoms with Crippen molar-refractivity contribution in [1.29, 1.82) is 0 Å². The first-order valence-corrected chi connectivity index (χ1v) is 6.98. The third kappa shape index (κ3) is 3.28. The van der Waals surface area contributed by atoms with Gasteiger partial charge in [-0.15, -0.1) is 11.8 Å². The zero-order valence-electron chi connectivity index (χ0n) is 10.4. The Morgan fingerprint density at radius 2 is 2.22 bits per heavy atom. The van der Waals surface area contributed by atoms with Crippen molar-refractivity contribution in [2.45, 2.75) is 23.1 Å². The van der Waals surface area contributed by atoms with Gasteiger partial charge in [0.05, 0.1) is 6.20 Å². The Hall–Kier alpha value is -0.970. The summed E-state index contributed by atoms with van der Waals surface area (Å²) < 4.78 is 1.79. The zero-order valence-corrected chi connectivity index (χ0v) is 11.9. The Morgan fingerprint density at radius 3 is 2.78 bits per heavy atom. The van der Waals surface area contributed by atoms with Gasteiger partial charge in [0.1, 0.15) is 0 Å². The first kappa shape index (κ1) is 13.5. The van der Waals surface area contributed by atoms with Crippen LogP contribution in [0.2, 0.25) is 5.02 Å². The number of hydrogen-bond acceptors (Lipinski definition) is 3. The van der Waals surface area contributed by atoms with Crippen LogP contribution in [0.5, 0.6) is 0 Å². The molecule has 0 radical (unpaired) electrons. The van der Waals surface area contributed by atoms with E-state index < -0.39 is 0 Å². The van der Waals surface area contributed by atoms with Crippen LogP contribution in [0.4, 0.5) is 0 Å². The molecule has 2 rings (SSSR count). The molecule has 0 fully saturated rings. The van der Waals surface area contributed by atoms with E-state index in [1.807, 2.05) is 44.6 Å². The third-order valence-electron chi connectivity index (χ3n) is 2.60. The number of aryl methyl sites for hydroxylation is 1. The molecule has 18 heavy (non-hydrogen) atoms. The highest BCUT2D eigenvalue weighted by Gasteiger charge is 2.18. The van der Waals surface area contributed by atoms with Crippen LogP contribution in [0, 0.1) is 0 Å². The summed E-state index contributed by atoms with van der Waals surface area (Å²) in [4.78, 5) is 1.11. The molecule has 0 bridgehead atoms. The van der Waals surface area contributed by atoms with Gasteiger partial charge in [-0.25, -0.2) is 0 Å². The minimum atomic E-state index is 0.0358. The van der Waals surface area contributed by atoms with Crippen molar-refractivity contribution in [3.05, 3.63) is 47.2 Å². The smallest absolute Gasteiger partial charge is 0.0626 e. The molecule has 0 aliphatic carbocycles. The summed E-state index contributed by atoms with van der Waals surface area (Å²) >= 11 is 7.75. The fourth-order valence-corrected chi connectivity index (χ4v) is 3.08. The lowest BCUT2D eigenvalue weighted by Crippen LogP contribution is -2.22. The molecule has 3 nitrogen and oxygen atoms in total. The number of halogens is 1. The van der Waals surface area contributed by atoms with Crippen molar-refractivity contribution < 1.29 is 0 Å². The molecule has 1 aromatic carbocycles. The van der Waals surface area contributed by atoms with Gasteiger partial charge in [-0.2, -0.15) is 5.10 Å². The average Bonchev–Trinajstić information content (AvgIpc) is 2.71. The molecule has 96 valence electrons. The van der Waals surface area contributed by atoms with E-state index in [-0.39, 0.29) is 11.3 Å². The van der Waals surface area contributed by atoms with Crippen molar-refractivity contribution in [3.63, 3.8) is 0 Å². The van der Waals surface area contributed by atoms with Crippen LogP contribution in [-0.4, -0.2) is 15.8 Å². The van der Waals surface area contributed by atoms with E-state index in [1.54, 1.807) is 16.4 Å². The van der Waals surface area contributed by atoms with Gasteiger partial charge in [-0.3, -0.25) is 4.68 Å². The van der Waals surface area contributed by atoms with Gasteiger partial charge < -0.3 is 5.73 Å². The van der Waals surface area contributed by atoms with E-state index in [9.17, 15) is 0 Å². The Kier molecular flexibility index (Phi) is 4.32. The fourth-order valence-electron chi connectivity index (χ4n) is 1.77. The van der Waals surface area contributed by atoms with E-state index in [1.165, 1.54) is 0 Å². The van der Waals surface area contributed by atoms with E-state index in [0.717, 1.165) is 15.5 Å². The van der Waals surface area contributed by atoms with Crippen molar-refractivity contribution in [2.75, 3.05) is 0 Å². The number of rotatable bonds is 4. The Labute approximate surface area is 116 Å². The second kappa shape index (κ2) is 5.78. The molecule has 1 aromatic heterocycles. The van der Waals surface area contributed by atoms with Crippen LogP contribution in [0.25, 0.3) is 0 Å². The van der Waals surface area contributed by atoms with Crippen LogP contribution in [0.15, 0.2) is 41.6 Å². The van der Waals surface area contributed by atoms with Crippen molar-refractivity contribution >= 4 is 23.4 Å². The van der Waals surface area contributed by atoms with E-state index in [2.05, 4.69) is 11.2 Å². The topological polar surface area (TPSA) is 43.8 Å². The summed E-state index contributed by atoms with van der Waals surface area (Å²) in [6.07, 6.45) is 3.84. The minimum Gasteiger partial charge on any atom is -0.327 e. The molecule has 5 heteroatoms. The maximum Gasteiger partial charge on any atom is 0.0626 e. The quantitative estimate of drug-likeness (QED) is 0.875. The van der Waals surface area contributed by atoms with Crippen molar-refractivity contribution in [3.8, 4) is 0 Å². The number of thioether (sulfide) groups is 1. The highest BCUT2D eigenvalue weighted by atomic mass is 35.5. The van der Waals surface area contributed by atoms with Crippen LogP contribution >= 0.6 is 23.4 Å². The third-order valence-corrected chi connectivity index (χ3v) is 4.27. The first-order chi connectivity index (χ1) is 8.56. The van der Waals surface area contributed by atoms with E-state index in [0.29, 0.717) is 0 Å². The number of aromatic nitrogens is 2. The van der Waals surface area contributed by atoms with Crippen LogP contribution < -0.4 is 5.73 Å². The largest absolute Gasteiger partial charge is 0.327 e. The van der Waals surface area contributed by atoms with Gasteiger partial charge in [0.15, 0.2) is 0 Å². The summed E-state index contributed by atoms with van der Waals surface area (Å²) in [5.74, 6) is 0. The molecule has 1 heterocycles. The van der Waals surface area contributed by atoms with Gasteiger partial charge in [0.25, 0.3) is 0 Å². The molecule has 0 spiro atoms. The lowest BCUT2D eigenvalue weighted by molar-refractivity contribution is 0.721. The lowest BCUT2D eigenvalue weighted by atomic mass is 10.1. The highest BCUT2D eigenvalue weighted by molar-refractivity contribution is 7.99. The second-order valence-corrected chi connectivity index (χ2v) is 5.95. The van der Waals surface area contributed by atoms with Crippen molar-refractivity contribution in [1.82, 2.24) is 9.78 Å². The summed E-state index contributed by atoms with van der Waals surface area (Å²) in [5.41, 5.74) is 7.23. The van der Waals surface area contributed by atoms with Crippen LogP contribution in [-0.2, 0) is 7.05 Å². The minimum absolute atomic E-state index is 0.0358. The number of benzene rings is 1. The molecule has 0 saturated heterocycles. The molecule has 0 aliphatic rings. The lowest BCUT2D eigenvalue weighted by Gasteiger charge is -2.20. The van der Waals surface area contributed by atoms with Crippen LogP contribution in [0.3, 0.4) is 0 Å². The van der Waals surface area contributed by atoms with E-state index in [4.69, 9.17) is 17.3 Å². The summed E-state index contributed by atoms with van der Waals surface area (Å²) in [6.45, 7) is 2.01. The van der Waals surface area contributed by atoms with Gasteiger partial charge in [-0.1, -0.05) is 23.7 Å². The van der Waals surface area contributed by atoms with Gasteiger partial charge in [0.2, 0.25) is 0 Å². The second-order valence-electron chi connectivity index (χ2n) is 4.30. The maximum atomic E-state index is 6.08. The van der Waals surface area contributed by atoms with Crippen molar-refractivity contribution in [2.24, 2.45) is 12.8 Å². The Morgan fingerprint density at radius 1 is 1.44 bits per heavy atom. The molecule has 2 N–H and O–H groups in total. The average molecular weight is 282 g/mol. The molecule has 2 unspecified atom stereocenters. The van der Waals surface area contributed by atoms with Gasteiger partial charge in [0, 0.05) is 34.5 Å². The predicted molar refractivity (Wildman–Crippen MR) is 76.9 cm³/mol. The number of nitrogens with two attached hydrogens (primary N) is 1.